The van der Waals surface area contributed by atoms with Crippen LogP contribution in [0.2, 0.25) is 0 Å². The maximum Gasteiger partial charge on any atom is 0.266 e. The minimum absolute atomic E-state index is 0.139. The number of hydrogen-bond acceptors (Lipinski definition) is 7. The van der Waals surface area contributed by atoms with Crippen LogP contribution in [0.4, 0.5) is 0 Å². The Bertz CT molecular complexity index is 1420. The summed E-state index contributed by atoms with van der Waals surface area (Å²) in [5.74, 6) is -0.761. The average Bonchev–Trinajstić information content (AvgIpc) is 3.42. The number of carbonyl (C=O) groups is 3. The number of morpholine rings is 1. The zero-order chi connectivity index (χ0) is 25.5. The minimum atomic E-state index is -0.754. The van der Waals surface area contributed by atoms with Crippen LogP contribution in [0.25, 0.3) is 5.65 Å². The Labute approximate surface area is 214 Å². The molecule has 9 heteroatoms. The fraction of sp³-hybridized carbons (Fsp3) is 0.357. The first-order valence-corrected chi connectivity index (χ1v) is 12.6. The van der Waals surface area contributed by atoms with Gasteiger partial charge in [-0.1, -0.05) is 24.3 Å². The number of fused-ring (bicyclic) bond motifs is 2. The number of nitrogens with zero attached hydrogens (tertiary/aromatic N) is 4. The van der Waals surface area contributed by atoms with Crippen LogP contribution in [0, 0.1) is 0 Å². The van der Waals surface area contributed by atoms with Crippen molar-refractivity contribution in [1.82, 2.24) is 19.2 Å². The fourth-order valence-electron chi connectivity index (χ4n) is 5.33. The molecule has 1 atom stereocenters. The summed E-state index contributed by atoms with van der Waals surface area (Å²) in [5, 5.41) is 0. The molecule has 190 valence electrons. The van der Waals surface area contributed by atoms with Crippen LogP contribution in [0.3, 0.4) is 0 Å². The first-order chi connectivity index (χ1) is 18.0. The van der Waals surface area contributed by atoms with Crippen LogP contribution in [0.5, 0.6) is 5.75 Å². The molecule has 0 radical (unpaired) electrons. The number of ether oxygens (including phenoxy) is 2. The number of rotatable bonds is 6. The monoisotopic (exact) mass is 500 g/mol. The number of amides is 2. The van der Waals surface area contributed by atoms with Gasteiger partial charge in [0.2, 0.25) is 0 Å². The molecule has 6 rings (SSSR count). The van der Waals surface area contributed by atoms with Crippen molar-refractivity contribution in [2.24, 2.45) is 0 Å². The van der Waals surface area contributed by atoms with Crippen molar-refractivity contribution in [1.29, 1.82) is 0 Å². The van der Waals surface area contributed by atoms with E-state index in [1.165, 1.54) is 5.56 Å². The van der Waals surface area contributed by atoms with Gasteiger partial charge in [-0.25, -0.2) is 4.98 Å². The number of benzene rings is 1. The van der Waals surface area contributed by atoms with E-state index in [-0.39, 0.29) is 29.9 Å². The minimum Gasteiger partial charge on any atom is -0.486 e. The average molecular weight is 501 g/mol. The summed E-state index contributed by atoms with van der Waals surface area (Å²) in [4.78, 5) is 47.1. The van der Waals surface area contributed by atoms with Gasteiger partial charge in [-0.3, -0.25) is 24.2 Å². The second-order valence-corrected chi connectivity index (χ2v) is 9.82. The smallest absolute Gasteiger partial charge is 0.266 e. The highest BCUT2D eigenvalue weighted by molar-refractivity contribution is 6.24. The van der Waals surface area contributed by atoms with Crippen molar-refractivity contribution in [3.8, 4) is 5.75 Å². The number of ketones is 1. The lowest BCUT2D eigenvalue weighted by Gasteiger charge is -2.29. The molecule has 0 bridgehead atoms. The number of Topliss-reactive ketones (excluding diaryl/α,β-unsaturated/α-hetero) is 1. The van der Waals surface area contributed by atoms with Gasteiger partial charge in [-0.2, -0.15) is 0 Å². The highest BCUT2D eigenvalue weighted by Crippen LogP contribution is 2.35. The maximum atomic E-state index is 13.3. The van der Waals surface area contributed by atoms with E-state index in [1.807, 2.05) is 16.7 Å². The largest absolute Gasteiger partial charge is 0.486 e. The molecule has 1 aromatic carbocycles. The van der Waals surface area contributed by atoms with E-state index in [4.69, 9.17) is 9.47 Å². The number of pyridine rings is 1. The third-order valence-corrected chi connectivity index (χ3v) is 7.23. The van der Waals surface area contributed by atoms with E-state index in [0.29, 0.717) is 24.3 Å². The Balaban J connectivity index is 1.18. The summed E-state index contributed by atoms with van der Waals surface area (Å²) in [6.45, 7) is 8.23. The molecule has 0 spiro atoms. The van der Waals surface area contributed by atoms with Gasteiger partial charge in [0.05, 0.1) is 36.1 Å². The molecule has 2 aliphatic heterocycles. The lowest BCUT2D eigenvalue weighted by Crippen LogP contribution is -2.46. The molecule has 2 aromatic heterocycles. The molecular weight excluding hydrogens is 472 g/mol. The van der Waals surface area contributed by atoms with Gasteiger partial charge in [-0.05, 0) is 36.6 Å². The van der Waals surface area contributed by atoms with Crippen LogP contribution in [-0.4, -0.2) is 69.1 Å². The van der Waals surface area contributed by atoms with Gasteiger partial charge in [0.1, 0.15) is 18.0 Å². The zero-order valence-electron chi connectivity index (χ0n) is 20.5. The molecule has 3 aliphatic rings. The Morgan fingerprint density at radius 2 is 1.89 bits per heavy atom. The molecule has 1 saturated heterocycles. The molecule has 1 aliphatic carbocycles. The SMILES string of the molecule is C=C1CCC(N2C(=O)c3cccc(OCc4cn5cc(CN6CCOCC6)ccc5n4)c3C2=O)C(=O)C1. The number of imide groups is 1. The number of allylic oxidation sites excluding steroid dienone is 1. The molecule has 3 aromatic rings. The van der Waals surface area contributed by atoms with Crippen LogP contribution < -0.4 is 4.74 Å². The molecule has 2 amide bonds. The van der Waals surface area contributed by atoms with Crippen LogP contribution in [0.1, 0.15) is 51.2 Å². The molecule has 1 saturated carbocycles. The van der Waals surface area contributed by atoms with E-state index >= 15 is 0 Å². The molecule has 2 fully saturated rings. The molecule has 0 N–H and O–H groups in total. The van der Waals surface area contributed by atoms with Gasteiger partial charge >= 0.3 is 0 Å². The zero-order valence-corrected chi connectivity index (χ0v) is 20.5. The Hall–Kier alpha value is -3.82. The molecular formula is C28H28N4O5. The van der Waals surface area contributed by atoms with E-state index in [0.717, 1.165) is 49.0 Å². The predicted molar refractivity (Wildman–Crippen MR) is 134 cm³/mol. The third kappa shape index (κ3) is 4.45. The summed E-state index contributed by atoms with van der Waals surface area (Å²) < 4.78 is 13.4. The summed E-state index contributed by atoms with van der Waals surface area (Å²) in [6.07, 6.45) is 5.21. The van der Waals surface area contributed by atoms with Crippen LogP contribution in [-0.2, 0) is 22.7 Å². The summed E-state index contributed by atoms with van der Waals surface area (Å²) in [6, 6.07) is 8.28. The fourth-order valence-corrected chi connectivity index (χ4v) is 5.33. The van der Waals surface area contributed by atoms with Gasteiger partial charge in [0, 0.05) is 38.4 Å². The van der Waals surface area contributed by atoms with E-state index in [9.17, 15) is 14.4 Å². The topological polar surface area (TPSA) is 93.4 Å². The second-order valence-electron chi connectivity index (χ2n) is 9.82. The van der Waals surface area contributed by atoms with Crippen molar-refractivity contribution < 1.29 is 23.9 Å². The van der Waals surface area contributed by atoms with Crippen molar-refractivity contribution >= 4 is 23.2 Å². The lowest BCUT2D eigenvalue weighted by molar-refractivity contribution is -0.123. The first kappa shape index (κ1) is 23.6. The Morgan fingerprint density at radius 1 is 1.05 bits per heavy atom. The van der Waals surface area contributed by atoms with Crippen molar-refractivity contribution in [2.45, 2.75) is 38.5 Å². The molecule has 37 heavy (non-hydrogen) atoms. The van der Waals surface area contributed by atoms with E-state index in [2.05, 4.69) is 28.7 Å². The normalized spacial score (nSPS) is 20.6. The summed E-state index contributed by atoms with van der Waals surface area (Å²) >= 11 is 0. The van der Waals surface area contributed by atoms with Gasteiger partial charge in [0.15, 0.2) is 5.78 Å². The number of hydrogen-bond donors (Lipinski definition) is 0. The standard InChI is InChI=1S/C28H28N4O5/c1-18-5-7-22(23(33)13-18)32-27(34)21-3-2-4-24(26(21)28(32)35)37-17-20-16-31-15-19(6-8-25(31)29-20)14-30-9-11-36-12-10-30/h2-4,6,8,15-16,22H,1,5,7,9-14,17H2. The van der Waals surface area contributed by atoms with Gasteiger partial charge in [-0.15, -0.1) is 0 Å². The Morgan fingerprint density at radius 3 is 2.70 bits per heavy atom. The summed E-state index contributed by atoms with van der Waals surface area (Å²) in [5.41, 5.74) is 4.00. The highest BCUT2D eigenvalue weighted by atomic mass is 16.5. The van der Waals surface area contributed by atoms with Crippen molar-refractivity contribution in [3.63, 3.8) is 0 Å². The van der Waals surface area contributed by atoms with Crippen molar-refractivity contribution in [3.05, 3.63) is 77.3 Å². The van der Waals surface area contributed by atoms with Crippen LogP contribution >= 0.6 is 0 Å². The lowest BCUT2D eigenvalue weighted by atomic mass is 9.89. The predicted octanol–water partition coefficient (Wildman–Crippen LogP) is 3.02. The quantitative estimate of drug-likeness (QED) is 0.379. The van der Waals surface area contributed by atoms with E-state index < -0.39 is 17.9 Å². The van der Waals surface area contributed by atoms with Crippen molar-refractivity contribution in [2.75, 3.05) is 26.3 Å². The molecule has 9 nitrogen and oxygen atoms in total. The molecule has 4 heterocycles. The first-order valence-electron chi connectivity index (χ1n) is 12.6. The molecule has 1 unspecified atom stereocenters. The second kappa shape index (κ2) is 9.57. The number of imidazole rings is 1. The Kier molecular flexibility index (Phi) is 6.10. The maximum absolute atomic E-state index is 13.3. The summed E-state index contributed by atoms with van der Waals surface area (Å²) in [7, 11) is 0. The van der Waals surface area contributed by atoms with Gasteiger partial charge in [0.25, 0.3) is 11.8 Å². The highest BCUT2D eigenvalue weighted by Gasteiger charge is 2.45. The van der Waals surface area contributed by atoms with Gasteiger partial charge < -0.3 is 13.9 Å². The number of aromatic nitrogens is 2. The van der Waals surface area contributed by atoms with E-state index in [1.54, 1.807) is 18.2 Å². The van der Waals surface area contributed by atoms with Crippen LogP contribution in [0.15, 0.2) is 54.9 Å². The third-order valence-electron chi connectivity index (χ3n) is 7.23. The number of carbonyl (C=O) groups excluding carboxylic acids is 3.